The van der Waals surface area contributed by atoms with E-state index in [1.165, 1.54) is 5.56 Å². The van der Waals surface area contributed by atoms with Crippen LogP contribution in [0.5, 0.6) is 11.5 Å². The first-order valence-electron chi connectivity index (χ1n) is 7.43. The maximum atomic E-state index is 9.76. The van der Waals surface area contributed by atoms with Crippen LogP contribution >= 0.6 is 24.8 Å². The monoisotopic (exact) mass is 350 g/mol. The van der Waals surface area contributed by atoms with Crippen LogP contribution < -0.4 is 10.1 Å². The number of ether oxygens (including phenoxy) is 1. The van der Waals surface area contributed by atoms with Gasteiger partial charge in [-0.15, -0.1) is 24.8 Å². The van der Waals surface area contributed by atoms with Gasteiger partial charge in [0, 0.05) is 32.2 Å². The average Bonchev–Trinajstić information content (AvgIpc) is 2.46. The lowest BCUT2D eigenvalue weighted by molar-refractivity contribution is 0.154. The Bertz CT molecular complexity index is 438. The molecule has 128 valence electrons. The van der Waals surface area contributed by atoms with Crippen molar-refractivity contribution in [3.63, 3.8) is 0 Å². The van der Waals surface area contributed by atoms with Crippen LogP contribution in [0.4, 0.5) is 0 Å². The van der Waals surface area contributed by atoms with Gasteiger partial charge in [-0.3, -0.25) is 4.90 Å². The van der Waals surface area contributed by atoms with Crippen molar-refractivity contribution in [3.05, 3.63) is 23.8 Å². The van der Waals surface area contributed by atoms with Crippen LogP contribution in [0.25, 0.3) is 0 Å². The number of nitrogens with zero attached hydrogens (tertiary/aromatic N) is 1. The Kier molecular flexibility index (Phi) is 9.85. The molecule has 1 saturated heterocycles. The zero-order valence-corrected chi connectivity index (χ0v) is 15.2. The summed E-state index contributed by atoms with van der Waals surface area (Å²) in [5.74, 6) is 1.40. The molecule has 1 fully saturated rings. The highest BCUT2D eigenvalue weighted by Gasteiger charge is 2.23. The molecule has 2 rings (SSSR count). The molecule has 0 spiro atoms. The third-order valence-corrected chi connectivity index (χ3v) is 3.88. The predicted octanol–water partition coefficient (Wildman–Crippen LogP) is 3.24. The van der Waals surface area contributed by atoms with Gasteiger partial charge in [0.2, 0.25) is 0 Å². The lowest BCUT2D eigenvalue weighted by Crippen LogP contribution is -2.45. The summed E-state index contributed by atoms with van der Waals surface area (Å²) in [6.45, 7) is 8.74. The van der Waals surface area contributed by atoms with Crippen LogP contribution in [0.3, 0.4) is 0 Å². The Labute approximate surface area is 146 Å². The number of phenols is 1. The van der Waals surface area contributed by atoms with Crippen LogP contribution in [-0.2, 0) is 0 Å². The van der Waals surface area contributed by atoms with E-state index < -0.39 is 0 Å². The summed E-state index contributed by atoms with van der Waals surface area (Å²) < 4.78 is 5.25. The Morgan fingerprint density at radius 1 is 1.23 bits per heavy atom. The molecule has 0 unspecified atom stereocenters. The maximum absolute atomic E-state index is 9.76. The Hall–Kier alpha value is -0.680. The standard InChI is InChI=1S/C16H26N2O2.2ClH/c1-12(2)10-14(18-8-6-17-7-9-18)13-4-5-15(19)16(11-13)20-3;;/h4-5,11-12,14,17,19H,6-10H2,1-3H3;2*1H/t14-;;/m0../s1. The van der Waals surface area contributed by atoms with Crippen molar-refractivity contribution in [2.45, 2.75) is 26.3 Å². The van der Waals surface area contributed by atoms with Crippen molar-refractivity contribution in [1.82, 2.24) is 10.2 Å². The minimum atomic E-state index is 0. The second-order valence-electron chi connectivity index (χ2n) is 5.86. The molecule has 6 heteroatoms. The summed E-state index contributed by atoms with van der Waals surface area (Å²) in [7, 11) is 1.60. The fourth-order valence-corrected chi connectivity index (χ4v) is 2.84. The van der Waals surface area contributed by atoms with Gasteiger partial charge in [-0.1, -0.05) is 19.9 Å². The number of phenolic OH excluding ortho intramolecular Hbond substituents is 1. The van der Waals surface area contributed by atoms with Gasteiger partial charge in [0.25, 0.3) is 0 Å². The summed E-state index contributed by atoms with van der Waals surface area (Å²) in [5, 5.41) is 13.2. The second-order valence-corrected chi connectivity index (χ2v) is 5.86. The molecule has 0 saturated carbocycles. The third-order valence-electron chi connectivity index (χ3n) is 3.88. The normalized spacial score (nSPS) is 16.5. The molecule has 0 aliphatic carbocycles. The molecule has 1 aromatic rings. The van der Waals surface area contributed by atoms with Crippen molar-refractivity contribution in [3.8, 4) is 11.5 Å². The maximum Gasteiger partial charge on any atom is 0.160 e. The van der Waals surface area contributed by atoms with E-state index in [0.717, 1.165) is 32.6 Å². The quantitative estimate of drug-likeness (QED) is 0.855. The highest BCUT2D eigenvalue weighted by molar-refractivity contribution is 5.85. The highest BCUT2D eigenvalue weighted by Crippen LogP contribution is 2.34. The van der Waals surface area contributed by atoms with E-state index in [4.69, 9.17) is 4.74 Å². The van der Waals surface area contributed by atoms with E-state index in [2.05, 4.69) is 24.1 Å². The molecule has 0 aromatic heterocycles. The fraction of sp³-hybridized carbons (Fsp3) is 0.625. The third kappa shape index (κ3) is 5.51. The van der Waals surface area contributed by atoms with Crippen molar-refractivity contribution >= 4 is 24.8 Å². The number of hydrogen-bond donors (Lipinski definition) is 2. The molecule has 22 heavy (non-hydrogen) atoms. The summed E-state index contributed by atoms with van der Waals surface area (Å²) >= 11 is 0. The van der Waals surface area contributed by atoms with E-state index in [-0.39, 0.29) is 30.6 Å². The fourth-order valence-electron chi connectivity index (χ4n) is 2.84. The molecule has 0 amide bonds. The lowest BCUT2D eigenvalue weighted by atomic mass is 9.94. The average molecular weight is 351 g/mol. The lowest BCUT2D eigenvalue weighted by Gasteiger charge is -2.36. The van der Waals surface area contributed by atoms with Gasteiger partial charge in [-0.05, 0) is 30.0 Å². The van der Waals surface area contributed by atoms with Crippen LogP contribution in [0, 0.1) is 5.92 Å². The molecule has 1 aromatic carbocycles. The molecule has 0 bridgehead atoms. The number of aromatic hydroxyl groups is 1. The number of hydrogen-bond acceptors (Lipinski definition) is 4. The number of rotatable bonds is 5. The van der Waals surface area contributed by atoms with E-state index >= 15 is 0 Å². The van der Waals surface area contributed by atoms with E-state index in [1.807, 2.05) is 12.1 Å². The SMILES string of the molecule is COc1cc([C@H](CC(C)C)N2CCNCC2)ccc1O.Cl.Cl. The topological polar surface area (TPSA) is 44.7 Å². The molecule has 0 radical (unpaired) electrons. The molecule has 1 atom stereocenters. The first kappa shape index (κ1) is 21.3. The Balaban J connectivity index is 0.00000220. The molecular formula is C16H28Cl2N2O2. The largest absolute Gasteiger partial charge is 0.504 e. The molecule has 1 heterocycles. The van der Waals surface area contributed by atoms with Gasteiger partial charge >= 0.3 is 0 Å². The summed E-state index contributed by atoms with van der Waals surface area (Å²) in [5.41, 5.74) is 1.23. The van der Waals surface area contributed by atoms with Crippen molar-refractivity contribution in [1.29, 1.82) is 0 Å². The zero-order valence-electron chi connectivity index (χ0n) is 13.5. The molecule has 1 aliphatic heterocycles. The Morgan fingerprint density at radius 3 is 2.41 bits per heavy atom. The number of methoxy groups -OCH3 is 1. The first-order chi connectivity index (χ1) is 9.61. The molecular weight excluding hydrogens is 323 g/mol. The van der Waals surface area contributed by atoms with Crippen LogP contribution in [0.1, 0.15) is 31.9 Å². The summed E-state index contributed by atoms with van der Waals surface area (Å²) in [6.07, 6.45) is 1.12. The predicted molar refractivity (Wildman–Crippen MR) is 95.8 cm³/mol. The minimum Gasteiger partial charge on any atom is -0.504 e. The summed E-state index contributed by atoms with van der Waals surface area (Å²) in [6, 6.07) is 6.13. The van der Waals surface area contributed by atoms with Gasteiger partial charge in [-0.2, -0.15) is 0 Å². The first-order valence-corrected chi connectivity index (χ1v) is 7.43. The second kappa shape index (κ2) is 10.2. The number of halogens is 2. The number of nitrogens with one attached hydrogen (secondary N) is 1. The smallest absolute Gasteiger partial charge is 0.160 e. The highest BCUT2D eigenvalue weighted by atomic mass is 35.5. The number of benzene rings is 1. The van der Waals surface area contributed by atoms with Gasteiger partial charge < -0.3 is 15.2 Å². The van der Waals surface area contributed by atoms with Crippen LogP contribution in [-0.4, -0.2) is 43.3 Å². The Morgan fingerprint density at radius 2 is 1.86 bits per heavy atom. The molecule has 1 aliphatic rings. The van der Waals surface area contributed by atoms with Gasteiger partial charge in [0.15, 0.2) is 11.5 Å². The van der Waals surface area contributed by atoms with E-state index in [9.17, 15) is 5.11 Å². The van der Waals surface area contributed by atoms with Crippen LogP contribution in [0.2, 0.25) is 0 Å². The minimum absolute atomic E-state index is 0. The van der Waals surface area contributed by atoms with Crippen molar-refractivity contribution in [2.75, 3.05) is 33.3 Å². The van der Waals surface area contributed by atoms with Gasteiger partial charge in [-0.25, -0.2) is 0 Å². The zero-order chi connectivity index (χ0) is 14.5. The molecule has 4 nitrogen and oxygen atoms in total. The summed E-state index contributed by atoms with van der Waals surface area (Å²) in [4.78, 5) is 2.53. The van der Waals surface area contributed by atoms with Crippen molar-refractivity contribution < 1.29 is 9.84 Å². The van der Waals surface area contributed by atoms with Gasteiger partial charge in [0.1, 0.15) is 0 Å². The number of piperazine rings is 1. The molecule has 2 N–H and O–H groups in total. The van der Waals surface area contributed by atoms with E-state index in [0.29, 0.717) is 17.7 Å². The van der Waals surface area contributed by atoms with Gasteiger partial charge in [0.05, 0.1) is 7.11 Å². The van der Waals surface area contributed by atoms with E-state index in [1.54, 1.807) is 13.2 Å². The van der Waals surface area contributed by atoms with Crippen LogP contribution in [0.15, 0.2) is 18.2 Å². The van der Waals surface area contributed by atoms with Crippen molar-refractivity contribution in [2.24, 2.45) is 5.92 Å².